The second kappa shape index (κ2) is 3.67. The lowest BCUT2D eigenvalue weighted by Crippen LogP contribution is -1.91. The molecule has 14 heavy (non-hydrogen) atoms. The zero-order valence-electron chi connectivity index (χ0n) is 7.09. The van der Waals surface area contributed by atoms with Crippen molar-refractivity contribution in [3.63, 3.8) is 0 Å². The summed E-state index contributed by atoms with van der Waals surface area (Å²) in [6.45, 7) is 0. The number of hydrogen-bond donors (Lipinski definition) is 2. The Morgan fingerprint density at radius 2 is 2.21 bits per heavy atom. The third-order valence-corrected chi connectivity index (χ3v) is 2.01. The van der Waals surface area contributed by atoms with E-state index in [-0.39, 0.29) is 5.82 Å². The van der Waals surface area contributed by atoms with Crippen molar-refractivity contribution in [2.75, 3.05) is 5.32 Å². The summed E-state index contributed by atoms with van der Waals surface area (Å²) in [7, 11) is 0. The Labute approximate surface area is 84.9 Å². The van der Waals surface area contributed by atoms with Gasteiger partial charge in [0.15, 0.2) is 0 Å². The Balaban J connectivity index is 2.25. The molecule has 0 amide bonds. The van der Waals surface area contributed by atoms with Crippen molar-refractivity contribution in [2.45, 2.75) is 0 Å². The molecule has 0 aliphatic rings. The van der Waals surface area contributed by atoms with E-state index < -0.39 is 0 Å². The molecular weight excluding hydrogens is 205 g/mol. The summed E-state index contributed by atoms with van der Waals surface area (Å²) < 4.78 is 12.7. The van der Waals surface area contributed by atoms with E-state index >= 15 is 0 Å². The van der Waals surface area contributed by atoms with Gasteiger partial charge in [0, 0.05) is 6.07 Å². The lowest BCUT2D eigenvalue weighted by atomic mass is 10.3. The van der Waals surface area contributed by atoms with E-state index in [1.165, 1.54) is 12.1 Å². The zero-order valence-corrected chi connectivity index (χ0v) is 7.85. The third kappa shape index (κ3) is 1.85. The van der Waals surface area contributed by atoms with Crippen molar-refractivity contribution < 1.29 is 4.39 Å². The van der Waals surface area contributed by atoms with Gasteiger partial charge in [0.25, 0.3) is 0 Å². The van der Waals surface area contributed by atoms with Crippen LogP contribution in [-0.2, 0) is 0 Å². The van der Waals surface area contributed by atoms with Crippen molar-refractivity contribution >= 4 is 23.1 Å². The summed E-state index contributed by atoms with van der Waals surface area (Å²) in [6.07, 6.45) is 1.61. The summed E-state index contributed by atoms with van der Waals surface area (Å²) in [5, 5.41) is 9.77. The molecule has 0 fully saturated rings. The molecule has 0 radical (unpaired) electrons. The Kier molecular flexibility index (Phi) is 2.37. The highest BCUT2D eigenvalue weighted by atomic mass is 35.5. The van der Waals surface area contributed by atoms with E-state index in [0.717, 1.165) is 0 Å². The molecule has 1 aromatic heterocycles. The predicted octanol–water partition coefficient (Wildman–Crippen LogP) is 2.95. The van der Waals surface area contributed by atoms with Crippen LogP contribution in [0.1, 0.15) is 0 Å². The van der Waals surface area contributed by atoms with Crippen LogP contribution in [-0.4, -0.2) is 10.2 Å². The molecule has 1 heterocycles. The Hall–Kier alpha value is -1.55. The zero-order chi connectivity index (χ0) is 9.97. The van der Waals surface area contributed by atoms with Crippen LogP contribution in [0.4, 0.5) is 15.9 Å². The van der Waals surface area contributed by atoms with E-state index in [0.29, 0.717) is 16.5 Å². The molecule has 2 aromatic rings. The largest absolute Gasteiger partial charge is 0.339 e. The molecule has 0 unspecified atom stereocenters. The van der Waals surface area contributed by atoms with Crippen LogP contribution in [0.15, 0.2) is 30.5 Å². The van der Waals surface area contributed by atoms with Crippen LogP contribution in [0.2, 0.25) is 5.02 Å². The van der Waals surface area contributed by atoms with Crippen molar-refractivity contribution in [1.82, 2.24) is 10.2 Å². The smallest absolute Gasteiger partial charge is 0.125 e. The first-order valence-corrected chi connectivity index (χ1v) is 4.35. The molecule has 5 heteroatoms. The van der Waals surface area contributed by atoms with Crippen LogP contribution in [0, 0.1) is 5.82 Å². The maximum atomic E-state index is 12.7. The molecule has 0 aliphatic heterocycles. The SMILES string of the molecule is Fc1ccc(Nc2ccn[nH]2)c(Cl)c1. The molecule has 2 rings (SSSR count). The number of aromatic nitrogens is 2. The number of halogens is 2. The molecule has 72 valence electrons. The van der Waals surface area contributed by atoms with Gasteiger partial charge in [0.05, 0.1) is 16.9 Å². The fraction of sp³-hybridized carbons (Fsp3) is 0. The minimum absolute atomic E-state index is 0.333. The summed E-state index contributed by atoms with van der Waals surface area (Å²) in [4.78, 5) is 0. The lowest BCUT2D eigenvalue weighted by Gasteiger charge is -2.05. The van der Waals surface area contributed by atoms with E-state index in [1.54, 1.807) is 18.3 Å². The molecule has 2 N–H and O–H groups in total. The fourth-order valence-electron chi connectivity index (χ4n) is 1.06. The van der Waals surface area contributed by atoms with E-state index in [9.17, 15) is 4.39 Å². The minimum atomic E-state index is -0.356. The molecule has 0 atom stereocenters. The molecule has 0 bridgehead atoms. The van der Waals surface area contributed by atoms with Crippen molar-refractivity contribution in [3.8, 4) is 0 Å². The van der Waals surface area contributed by atoms with Crippen molar-refractivity contribution in [2.24, 2.45) is 0 Å². The van der Waals surface area contributed by atoms with Gasteiger partial charge in [0.2, 0.25) is 0 Å². The predicted molar refractivity (Wildman–Crippen MR) is 53.3 cm³/mol. The maximum Gasteiger partial charge on any atom is 0.125 e. The van der Waals surface area contributed by atoms with Gasteiger partial charge >= 0.3 is 0 Å². The Morgan fingerprint density at radius 3 is 2.86 bits per heavy atom. The first-order chi connectivity index (χ1) is 6.75. The van der Waals surface area contributed by atoms with Gasteiger partial charge in [-0.15, -0.1) is 0 Å². The first-order valence-electron chi connectivity index (χ1n) is 3.97. The molecule has 0 saturated heterocycles. The van der Waals surface area contributed by atoms with Gasteiger partial charge in [-0.3, -0.25) is 5.10 Å². The summed E-state index contributed by atoms with van der Waals surface area (Å²) in [5.41, 5.74) is 0.636. The molecular formula is C9H7ClFN3. The van der Waals surface area contributed by atoms with Crippen LogP contribution in [0.3, 0.4) is 0 Å². The highest BCUT2D eigenvalue weighted by Crippen LogP contribution is 2.24. The van der Waals surface area contributed by atoms with Gasteiger partial charge in [-0.1, -0.05) is 11.6 Å². The Bertz CT molecular complexity index is 428. The quantitative estimate of drug-likeness (QED) is 0.802. The fourth-order valence-corrected chi connectivity index (χ4v) is 1.28. The third-order valence-electron chi connectivity index (χ3n) is 1.70. The first kappa shape index (κ1) is 9.02. The van der Waals surface area contributed by atoms with E-state index in [1.807, 2.05) is 0 Å². The number of H-pyrrole nitrogens is 1. The van der Waals surface area contributed by atoms with Gasteiger partial charge in [-0.25, -0.2) is 4.39 Å². The van der Waals surface area contributed by atoms with Gasteiger partial charge in [-0.2, -0.15) is 5.10 Å². The maximum absolute atomic E-state index is 12.7. The average molecular weight is 212 g/mol. The summed E-state index contributed by atoms with van der Waals surface area (Å²) in [5.74, 6) is 0.351. The number of nitrogens with one attached hydrogen (secondary N) is 2. The standard InChI is InChI=1S/C9H7ClFN3/c10-7-5-6(11)1-2-8(7)13-9-3-4-12-14-9/h1-5H,(H2,12,13,14). The molecule has 3 nitrogen and oxygen atoms in total. The normalized spacial score (nSPS) is 10.1. The number of aromatic amines is 1. The Morgan fingerprint density at radius 1 is 1.36 bits per heavy atom. The molecule has 0 saturated carbocycles. The highest BCUT2D eigenvalue weighted by Gasteiger charge is 2.02. The molecule has 0 spiro atoms. The monoisotopic (exact) mass is 211 g/mol. The summed E-state index contributed by atoms with van der Waals surface area (Å²) in [6, 6.07) is 5.91. The minimum Gasteiger partial charge on any atom is -0.339 e. The second-order valence-electron chi connectivity index (χ2n) is 2.72. The van der Waals surface area contributed by atoms with Crippen LogP contribution in [0.25, 0.3) is 0 Å². The molecule has 1 aromatic carbocycles. The average Bonchev–Trinajstić information content (AvgIpc) is 2.62. The van der Waals surface area contributed by atoms with Crippen LogP contribution < -0.4 is 5.32 Å². The van der Waals surface area contributed by atoms with Crippen molar-refractivity contribution in [3.05, 3.63) is 41.3 Å². The number of rotatable bonds is 2. The van der Waals surface area contributed by atoms with Crippen LogP contribution in [0.5, 0.6) is 0 Å². The lowest BCUT2D eigenvalue weighted by molar-refractivity contribution is 0.628. The van der Waals surface area contributed by atoms with Crippen molar-refractivity contribution in [1.29, 1.82) is 0 Å². The molecule has 0 aliphatic carbocycles. The number of hydrogen-bond acceptors (Lipinski definition) is 2. The van der Waals surface area contributed by atoms with E-state index in [4.69, 9.17) is 11.6 Å². The van der Waals surface area contributed by atoms with Gasteiger partial charge in [-0.05, 0) is 18.2 Å². The van der Waals surface area contributed by atoms with Gasteiger partial charge in [0.1, 0.15) is 11.6 Å². The summed E-state index contributed by atoms with van der Waals surface area (Å²) >= 11 is 5.81. The second-order valence-corrected chi connectivity index (χ2v) is 3.13. The van der Waals surface area contributed by atoms with E-state index in [2.05, 4.69) is 15.5 Å². The number of benzene rings is 1. The van der Waals surface area contributed by atoms with Crippen LogP contribution >= 0.6 is 11.6 Å². The topological polar surface area (TPSA) is 40.7 Å². The van der Waals surface area contributed by atoms with Gasteiger partial charge < -0.3 is 5.32 Å². The highest BCUT2D eigenvalue weighted by molar-refractivity contribution is 6.33. The number of nitrogens with zero attached hydrogens (tertiary/aromatic N) is 1. The number of anilines is 2.